The highest BCUT2D eigenvalue weighted by molar-refractivity contribution is 6.32. The van der Waals surface area contributed by atoms with Crippen LogP contribution in [-0.4, -0.2) is 30.6 Å². The molecule has 1 aromatic heterocycles. The lowest BCUT2D eigenvalue weighted by Gasteiger charge is -2.31. The third-order valence-corrected chi connectivity index (χ3v) is 4.77. The highest BCUT2D eigenvalue weighted by atomic mass is 35.5. The summed E-state index contributed by atoms with van der Waals surface area (Å²) in [6.45, 7) is 6.04. The van der Waals surface area contributed by atoms with Crippen LogP contribution < -0.4 is 4.90 Å². The van der Waals surface area contributed by atoms with Crippen LogP contribution in [0.2, 0.25) is 5.02 Å². The lowest BCUT2D eigenvalue weighted by atomic mass is 10.0. The Morgan fingerprint density at radius 1 is 1.30 bits per heavy atom. The number of esters is 1. The van der Waals surface area contributed by atoms with Crippen molar-refractivity contribution < 1.29 is 9.53 Å². The third kappa shape index (κ3) is 3.00. The van der Waals surface area contributed by atoms with Gasteiger partial charge in [0.2, 0.25) is 0 Å². The number of halogens is 1. The van der Waals surface area contributed by atoms with Crippen molar-refractivity contribution in [3.63, 3.8) is 0 Å². The molecule has 1 fully saturated rings. The normalized spacial score (nSPS) is 15.0. The maximum atomic E-state index is 12.4. The average molecular weight is 333 g/mol. The minimum absolute atomic E-state index is 0.310. The summed E-state index contributed by atoms with van der Waals surface area (Å²) in [6.07, 6.45) is 5.14. The van der Waals surface area contributed by atoms with E-state index in [1.165, 1.54) is 6.42 Å². The molecule has 2 heterocycles. The molecule has 0 saturated carbocycles. The first-order valence-electron chi connectivity index (χ1n) is 8.13. The molecule has 0 spiro atoms. The number of aromatic nitrogens is 1. The number of hydrogen-bond acceptors (Lipinski definition) is 4. The second-order valence-electron chi connectivity index (χ2n) is 5.86. The predicted molar refractivity (Wildman–Crippen MR) is 93.5 cm³/mol. The molecule has 122 valence electrons. The molecule has 0 amide bonds. The second kappa shape index (κ2) is 6.75. The van der Waals surface area contributed by atoms with Gasteiger partial charge in [0.25, 0.3) is 0 Å². The molecule has 3 rings (SSSR count). The van der Waals surface area contributed by atoms with E-state index in [0.717, 1.165) is 48.1 Å². The number of anilines is 1. The minimum atomic E-state index is -0.310. The van der Waals surface area contributed by atoms with Gasteiger partial charge in [-0.1, -0.05) is 11.6 Å². The maximum absolute atomic E-state index is 12.4. The Bertz CT molecular complexity index is 739. The SMILES string of the molecule is CCOC(=O)c1cnc2c(C)c(Cl)ccc2c1N1CCCCC1. The van der Waals surface area contributed by atoms with E-state index in [0.29, 0.717) is 17.2 Å². The van der Waals surface area contributed by atoms with E-state index in [-0.39, 0.29) is 5.97 Å². The van der Waals surface area contributed by atoms with Gasteiger partial charge in [0.05, 0.1) is 17.8 Å². The van der Waals surface area contributed by atoms with E-state index in [1.807, 2.05) is 26.0 Å². The summed E-state index contributed by atoms with van der Waals surface area (Å²) in [7, 11) is 0. The second-order valence-corrected chi connectivity index (χ2v) is 6.26. The van der Waals surface area contributed by atoms with E-state index < -0.39 is 0 Å². The molecule has 23 heavy (non-hydrogen) atoms. The molecule has 1 aromatic carbocycles. The number of fused-ring (bicyclic) bond motifs is 1. The summed E-state index contributed by atoms with van der Waals surface area (Å²) in [5.74, 6) is -0.310. The molecule has 0 aliphatic carbocycles. The van der Waals surface area contributed by atoms with Gasteiger partial charge in [-0.15, -0.1) is 0 Å². The molecule has 0 radical (unpaired) electrons. The zero-order valence-corrected chi connectivity index (χ0v) is 14.3. The van der Waals surface area contributed by atoms with Crippen LogP contribution in [0, 0.1) is 6.92 Å². The van der Waals surface area contributed by atoms with Crippen LogP contribution in [0.3, 0.4) is 0 Å². The zero-order chi connectivity index (χ0) is 16.4. The first kappa shape index (κ1) is 16.1. The van der Waals surface area contributed by atoms with Crippen molar-refractivity contribution in [3.05, 3.63) is 34.5 Å². The Labute approximate surface area is 141 Å². The van der Waals surface area contributed by atoms with E-state index >= 15 is 0 Å². The molecular formula is C18H21ClN2O2. The fraction of sp³-hybridized carbons (Fsp3) is 0.444. The standard InChI is InChI=1S/C18H21ClN2O2/c1-3-23-18(22)14-11-20-16-12(2)15(19)8-7-13(16)17(14)21-9-5-4-6-10-21/h7-8,11H,3-6,9-10H2,1-2H3. The van der Waals surface area contributed by atoms with Crippen LogP contribution in [0.15, 0.2) is 18.3 Å². The van der Waals surface area contributed by atoms with Gasteiger partial charge in [0.15, 0.2) is 0 Å². The summed E-state index contributed by atoms with van der Waals surface area (Å²) >= 11 is 6.23. The Morgan fingerprint density at radius 3 is 2.74 bits per heavy atom. The Balaban J connectivity index is 2.22. The van der Waals surface area contributed by atoms with E-state index in [4.69, 9.17) is 16.3 Å². The van der Waals surface area contributed by atoms with Gasteiger partial charge in [-0.05, 0) is 50.8 Å². The van der Waals surface area contributed by atoms with Gasteiger partial charge in [-0.3, -0.25) is 4.98 Å². The zero-order valence-electron chi connectivity index (χ0n) is 13.6. The van der Waals surface area contributed by atoms with Crippen LogP contribution >= 0.6 is 11.6 Å². The number of benzene rings is 1. The number of rotatable bonds is 3. The maximum Gasteiger partial charge on any atom is 0.341 e. The van der Waals surface area contributed by atoms with E-state index in [9.17, 15) is 4.79 Å². The van der Waals surface area contributed by atoms with Crippen molar-refractivity contribution in [3.8, 4) is 0 Å². The molecule has 0 unspecified atom stereocenters. The van der Waals surface area contributed by atoms with Gasteiger partial charge in [0, 0.05) is 29.7 Å². The van der Waals surface area contributed by atoms with Crippen LogP contribution in [0.4, 0.5) is 5.69 Å². The Kier molecular flexibility index (Phi) is 4.71. The molecule has 1 aliphatic rings. The molecule has 0 N–H and O–H groups in total. The molecule has 4 nitrogen and oxygen atoms in total. The molecule has 0 atom stereocenters. The Morgan fingerprint density at radius 2 is 2.04 bits per heavy atom. The van der Waals surface area contributed by atoms with Crippen molar-refractivity contribution >= 4 is 34.2 Å². The van der Waals surface area contributed by atoms with Gasteiger partial charge in [-0.25, -0.2) is 4.79 Å². The summed E-state index contributed by atoms with van der Waals surface area (Å²) in [4.78, 5) is 19.2. The van der Waals surface area contributed by atoms with Gasteiger partial charge < -0.3 is 9.64 Å². The number of carbonyl (C=O) groups excluding carboxylic acids is 1. The molecular weight excluding hydrogens is 312 g/mol. The molecule has 1 saturated heterocycles. The van der Waals surface area contributed by atoms with Crippen molar-refractivity contribution in [1.82, 2.24) is 4.98 Å². The summed E-state index contributed by atoms with van der Waals surface area (Å²) in [5.41, 5.74) is 3.28. The average Bonchev–Trinajstić information content (AvgIpc) is 2.58. The van der Waals surface area contributed by atoms with Gasteiger partial charge in [-0.2, -0.15) is 0 Å². The van der Waals surface area contributed by atoms with Crippen molar-refractivity contribution in [2.45, 2.75) is 33.1 Å². The summed E-state index contributed by atoms with van der Waals surface area (Å²) in [5, 5.41) is 1.66. The quantitative estimate of drug-likeness (QED) is 0.783. The van der Waals surface area contributed by atoms with Crippen LogP contribution in [0.1, 0.15) is 42.1 Å². The number of piperidine rings is 1. The number of pyridine rings is 1. The molecule has 1 aliphatic heterocycles. The highest BCUT2D eigenvalue weighted by Gasteiger charge is 2.23. The largest absolute Gasteiger partial charge is 0.462 e. The summed E-state index contributed by atoms with van der Waals surface area (Å²) in [6, 6.07) is 3.84. The lowest BCUT2D eigenvalue weighted by Crippen LogP contribution is -2.31. The molecule has 0 bridgehead atoms. The number of carbonyl (C=O) groups is 1. The van der Waals surface area contributed by atoms with Crippen molar-refractivity contribution in [2.75, 3.05) is 24.6 Å². The first-order chi connectivity index (χ1) is 11.1. The molecule has 2 aromatic rings. The summed E-state index contributed by atoms with van der Waals surface area (Å²) < 4.78 is 5.23. The lowest BCUT2D eigenvalue weighted by molar-refractivity contribution is 0.0526. The van der Waals surface area contributed by atoms with Crippen molar-refractivity contribution in [2.24, 2.45) is 0 Å². The number of aryl methyl sites for hydroxylation is 1. The monoisotopic (exact) mass is 332 g/mol. The number of nitrogens with zero attached hydrogens (tertiary/aromatic N) is 2. The first-order valence-corrected chi connectivity index (χ1v) is 8.51. The minimum Gasteiger partial charge on any atom is -0.462 e. The van der Waals surface area contributed by atoms with E-state index in [2.05, 4.69) is 9.88 Å². The molecule has 5 heteroatoms. The Hall–Kier alpha value is -1.81. The third-order valence-electron chi connectivity index (χ3n) is 4.37. The fourth-order valence-corrected chi connectivity index (χ4v) is 3.34. The van der Waals surface area contributed by atoms with Crippen LogP contribution in [0.5, 0.6) is 0 Å². The predicted octanol–water partition coefficient (Wildman–Crippen LogP) is 4.36. The number of hydrogen-bond donors (Lipinski definition) is 0. The number of ether oxygens (including phenoxy) is 1. The van der Waals surface area contributed by atoms with Crippen LogP contribution in [-0.2, 0) is 4.74 Å². The van der Waals surface area contributed by atoms with Gasteiger partial charge in [0.1, 0.15) is 5.56 Å². The van der Waals surface area contributed by atoms with Crippen molar-refractivity contribution in [1.29, 1.82) is 0 Å². The fourth-order valence-electron chi connectivity index (χ4n) is 3.18. The highest BCUT2D eigenvalue weighted by Crippen LogP contribution is 2.35. The van der Waals surface area contributed by atoms with Gasteiger partial charge >= 0.3 is 5.97 Å². The smallest absolute Gasteiger partial charge is 0.341 e. The van der Waals surface area contributed by atoms with E-state index in [1.54, 1.807) is 6.20 Å². The van der Waals surface area contributed by atoms with Crippen LogP contribution in [0.25, 0.3) is 10.9 Å². The topological polar surface area (TPSA) is 42.4 Å².